The summed E-state index contributed by atoms with van der Waals surface area (Å²) >= 11 is 3.18. The summed E-state index contributed by atoms with van der Waals surface area (Å²) in [5.41, 5.74) is 0. The molecule has 1 N–H and O–H groups in total. The minimum absolute atomic E-state index is 0.103. The first kappa shape index (κ1) is 14.9. The first-order chi connectivity index (χ1) is 8.96. The average Bonchev–Trinajstić information content (AvgIpc) is 2.81. The lowest BCUT2D eigenvalue weighted by Gasteiger charge is -2.24. The molecule has 0 aromatic heterocycles. The van der Waals surface area contributed by atoms with E-state index in [-0.39, 0.29) is 10.9 Å². The molecule has 4 nitrogen and oxygen atoms in total. The Morgan fingerprint density at radius 1 is 1.53 bits per heavy atom. The Bertz CT molecular complexity index is 565. The van der Waals surface area contributed by atoms with E-state index in [1.165, 1.54) is 22.5 Å². The lowest BCUT2D eigenvalue weighted by molar-refractivity contribution is 0.376. The first-order valence-electron chi connectivity index (χ1n) is 6.08. The van der Waals surface area contributed by atoms with E-state index in [9.17, 15) is 12.8 Å². The zero-order valence-corrected chi connectivity index (χ0v) is 13.0. The third-order valence-corrected chi connectivity index (χ3v) is 5.70. The second kappa shape index (κ2) is 5.87. The van der Waals surface area contributed by atoms with Crippen LogP contribution in [-0.4, -0.2) is 38.9 Å². The van der Waals surface area contributed by atoms with Gasteiger partial charge in [0.1, 0.15) is 10.7 Å². The monoisotopic (exact) mass is 350 g/mol. The fraction of sp³-hybridized carbons (Fsp3) is 0.500. The maximum absolute atomic E-state index is 13.8. The molecular formula is C12H16BrFN2O2S. The van der Waals surface area contributed by atoms with E-state index in [1.807, 2.05) is 0 Å². The number of rotatable bonds is 4. The summed E-state index contributed by atoms with van der Waals surface area (Å²) in [6, 6.07) is 3.87. The van der Waals surface area contributed by atoms with Crippen molar-refractivity contribution in [2.24, 2.45) is 0 Å². The number of nitrogens with zero attached hydrogens (tertiary/aromatic N) is 1. The molecule has 0 spiro atoms. The summed E-state index contributed by atoms with van der Waals surface area (Å²) in [4.78, 5) is -0.259. The van der Waals surface area contributed by atoms with E-state index in [2.05, 4.69) is 21.2 Å². The molecule has 0 amide bonds. The third-order valence-electron chi connectivity index (χ3n) is 3.24. The molecule has 1 heterocycles. The van der Waals surface area contributed by atoms with Crippen LogP contribution >= 0.6 is 15.9 Å². The van der Waals surface area contributed by atoms with Crippen LogP contribution < -0.4 is 5.32 Å². The summed E-state index contributed by atoms with van der Waals surface area (Å²) in [5, 5.41) is 2.98. The van der Waals surface area contributed by atoms with Crippen LogP contribution in [0.1, 0.15) is 12.8 Å². The molecule has 1 aromatic rings. The third kappa shape index (κ3) is 2.99. The first-order valence-corrected chi connectivity index (χ1v) is 8.31. The summed E-state index contributed by atoms with van der Waals surface area (Å²) in [6.45, 7) is 1.02. The number of hydrogen-bond donors (Lipinski definition) is 1. The van der Waals surface area contributed by atoms with E-state index < -0.39 is 15.8 Å². The van der Waals surface area contributed by atoms with E-state index in [1.54, 1.807) is 7.05 Å². The van der Waals surface area contributed by atoms with Crippen LogP contribution in [0.25, 0.3) is 0 Å². The van der Waals surface area contributed by atoms with Gasteiger partial charge in [-0.1, -0.05) is 15.9 Å². The number of sulfonamides is 1. The summed E-state index contributed by atoms with van der Waals surface area (Å²) in [7, 11) is -1.99. The van der Waals surface area contributed by atoms with Gasteiger partial charge in [0.25, 0.3) is 0 Å². The largest absolute Gasteiger partial charge is 0.318 e. The van der Waals surface area contributed by atoms with Crippen molar-refractivity contribution in [2.75, 3.05) is 20.1 Å². The van der Waals surface area contributed by atoms with Crippen LogP contribution in [-0.2, 0) is 10.0 Å². The van der Waals surface area contributed by atoms with Crippen LogP contribution in [0.5, 0.6) is 0 Å². The van der Waals surface area contributed by atoms with Crippen LogP contribution in [0.3, 0.4) is 0 Å². The van der Waals surface area contributed by atoms with Gasteiger partial charge in [0.05, 0.1) is 0 Å². The predicted molar refractivity (Wildman–Crippen MR) is 74.9 cm³/mol. The van der Waals surface area contributed by atoms with Gasteiger partial charge in [0, 0.05) is 23.6 Å². The van der Waals surface area contributed by atoms with Gasteiger partial charge >= 0.3 is 0 Å². The molecule has 0 bridgehead atoms. The topological polar surface area (TPSA) is 49.4 Å². The minimum atomic E-state index is -3.77. The van der Waals surface area contributed by atoms with Crippen LogP contribution in [0.2, 0.25) is 0 Å². The molecule has 0 aliphatic carbocycles. The fourth-order valence-corrected chi connectivity index (χ4v) is 4.66. The molecular weight excluding hydrogens is 335 g/mol. The molecule has 1 fully saturated rings. The van der Waals surface area contributed by atoms with Gasteiger partial charge in [-0.2, -0.15) is 4.31 Å². The second-order valence-electron chi connectivity index (χ2n) is 4.54. The van der Waals surface area contributed by atoms with Crippen molar-refractivity contribution in [1.82, 2.24) is 9.62 Å². The van der Waals surface area contributed by atoms with Gasteiger partial charge in [0.2, 0.25) is 10.0 Å². The molecule has 7 heteroatoms. The van der Waals surface area contributed by atoms with Crippen molar-refractivity contribution in [3.05, 3.63) is 28.5 Å². The zero-order valence-electron chi connectivity index (χ0n) is 10.6. The SMILES string of the molecule is CNC[C@@H]1CCCN1S(=O)(=O)c1cc(Br)ccc1F. The molecule has 1 aromatic carbocycles. The van der Waals surface area contributed by atoms with Crippen molar-refractivity contribution in [1.29, 1.82) is 0 Å². The van der Waals surface area contributed by atoms with Crippen LogP contribution in [0, 0.1) is 5.82 Å². The Kier molecular flexibility index (Phi) is 4.60. The molecule has 1 atom stereocenters. The molecule has 1 saturated heterocycles. The van der Waals surface area contributed by atoms with Crippen molar-refractivity contribution in [3.8, 4) is 0 Å². The van der Waals surface area contributed by atoms with Gasteiger partial charge in [-0.3, -0.25) is 0 Å². The quantitative estimate of drug-likeness (QED) is 0.902. The van der Waals surface area contributed by atoms with E-state index >= 15 is 0 Å². The zero-order chi connectivity index (χ0) is 14.0. The standard InChI is InChI=1S/C12H16BrFN2O2S/c1-15-8-10-3-2-6-16(10)19(17,18)12-7-9(13)4-5-11(12)14/h4-5,7,10,15H,2-3,6,8H2,1H3/t10-/m0/s1. The highest BCUT2D eigenvalue weighted by Gasteiger charge is 2.36. The predicted octanol–water partition coefficient (Wildman–Crippen LogP) is 1.96. The van der Waals surface area contributed by atoms with E-state index in [0.29, 0.717) is 17.6 Å². The minimum Gasteiger partial charge on any atom is -0.318 e. The normalized spacial score (nSPS) is 20.9. The second-order valence-corrected chi connectivity index (χ2v) is 7.32. The van der Waals surface area contributed by atoms with Crippen molar-refractivity contribution in [3.63, 3.8) is 0 Å². The van der Waals surface area contributed by atoms with E-state index in [0.717, 1.165) is 12.8 Å². The van der Waals surface area contributed by atoms with Gasteiger partial charge in [-0.25, -0.2) is 12.8 Å². The molecule has 1 aliphatic rings. The van der Waals surface area contributed by atoms with Gasteiger partial charge < -0.3 is 5.32 Å². The summed E-state index contributed by atoms with van der Waals surface area (Å²) in [6.07, 6.45) is 1.61. The maximum atomic E-state index is 13.8. The van der Waals surface area contributed by atoms with Crippen LogP contribution in [0.15, 0.2) is 27.6 Å². The Hall–Kier alpha value is -0.500. The Morgan fingerprint density at radius 3 is 2.95 bits per heavy atom. The average molecular weight is 351 g/mol. The number of nitrogens with one attached hydrogen (secondary N) is 1. The van der Waals surface area contributed by atoms with Crippen molar-refractivity contribution in [2.45, 2.75) is 23.8 Å². The van der Waals surface area contributed by atoms with E-state index in [4.69, 9.17) is 0 Å². The molecule has 1 aliphatic heterocycles. The summed E-state index contributed by atoms with van der Waals surface area (Å²) < 4.78 is 40.8. The number of benzene rings is 1. The highest BCUT2D eigenvalue weighted by Crippen LogP contribution is 2.28. The van der Waals surface area contributed by atoms with Crippen molar-refractivity contribution < 1.29 is 12.8 Å². The van der Waals surface area contributed by atoms with Gasteiger partial charge in [-0.05, 0) is 38.1 Å². The lowest BCUT2D eigenvalue weighted by Crippen LogP contribution is -2.41. The molecule has 0 saturated carbocycles. The number of likely N-dealkylation sites (N-methyl/N-ethyl adjacent to an activating group) is 1. The highest BCUT2D eigenvalue weighted by atomic mass is 79.9. The highest BCUT2D eigenvalue weighted by molar-refractivity contribution is 9.10. The van der Waals surface area contributed by atoms with Crippen molar-refractivity contribution >= 4 is 26.0 Å². The molecule has 2 rings (SSSR count). The Balaban J connectivity index is 2.39. The Morgan fingerprint density at radius 2 is 2.26 bits per heavy atom. The lowest BCUT2D eigenvalue weighted by atomic mass is 10.2. The van der Waals surface area contributed by atoms with Crippen LogP contribution in [0.4, 0.5) is 4.39 Å². The maximum Gasteiger partial charge on any atom is 0.246 e. The van der Waals surface area contributed by atoms with Gasteiger partial charge in [0.15, 0.2) is 0 Å². The number of hydrogen-bond acceptors (Lipinski definition) is 3. The molecule has 0 unspecified atom stereocenters. The smallest absolute Gasteiger partial charge is 0.246 e. The fourth-order valence-electron chi connectivity index (χ4n) is 2.37. The molecule has 19 heavy (non-hydrogen) atoms. The molecule has 0 radical (unpaired) electrons. The molecule has 106 valence electrons. The number of halogens is 2. The van der Waals surface area contributed by atoms with Gasteiger partial charge in [-0.15, -0.1) is 0 Å². The Labute approximate surface area is 121 Å². The summed E-state index contributed by atoms with van der Waals surface area (Å²) in [5.74, 6) is -0.710.